The molecule has 2 fully saturated rings. The summed E-state index contributed by atoms with van der Waals surface area (Å²) in [6, 6.07) is 20.0. The van der Waals surface area contributed by atoms with Crippen molar-refractivity contribution >= 4 is 24.0 Å². The van der Waals surface area contributed by atoms with Crippen LogP contribution in [0.15, 0.2) is 54.6 Å². The third kappa shape index (κ3) is 6.24. The molecule has 0 spiro atoms. The van der Waals surface area contributed by atoms with Crippen molar-refractivity contribution in [2.24, 2.45) is 5.73 Å². The highest BCUT2D eigenvalue weighted by atomic mass is 35.5. The molecule has 0 amide bonds. The lowest BCUT2D eigenvalue weighted by Gasteiger charge is -2.46. The molecule has 1 saturated carbocycles. The monoisotopic (exact) mass is 461 g/mol. The van der Waals surface area contributed by atoms with Crippen LogP contribution in [0.4, 0.5) is 0 Å². The summed E-state index contributed by atoms with van der Waals surface area (Å²) in [6.45, 7) is 6.78. The number of nitrogens with two attached hydrogens (primary N) is 1. The zero-order valence-electron chi connectivity index (χ0n) is 18.5. The highest BCUT2D eigenvalue weighted by Gasteiger charge is 2.38. The SMILES string of the molecule is Cl.NC[C@]1(c2cccc(Cl)c2)CC[C@H](N2CCN(CCCc3ccccc3)CC2)CC1. The number of halogens is 2. The topological polar surface area (TPSA) is 32.5 Å². The van der Waals surface area contributed by atoms with Crippen LogP contribution >= 0.6 is 24.0 Å². The standard InChI is InChI=1S/C26H36ClN3.ClH/c27-24-10-4-9-23(20-24)26(21-28)13-11-25(12-14-26)30-18-16-29(17-19-30)15-5-8-22-6-2-1-3-7-22;/h1-4,6-7,9-10,20,25H,5,8,11-19,21,28H2;1H/t25-,26-;. The summed E-state index contributed by atoms with van der Waals surface area (Å²) in [5.41, 5.74) is 9.19. The summed E-state index contributed by atoms with van der Waals surface area (Å²) in [4.78, 5) is 5.39. The maximum Gasteiger partial charge on any atom is 0.0408 e. The van der Waals surface area contributed by atoms with Crippen LogP contribution in [0.2, 0.25) is 5.02 Å². The fourth-order valence-corrected chi connectivity index (χ4v) is 5.64. The Morgan fingerprint density at radius 1 is 0.935 bits per heavy atom. The molecule has 2 aliphatic rings. The summed E-state index contributed by atoms with van der Waals surface area (Å²) in [5.74, 6) is 0. The highest BCUT2D eigenvalue weighted by Crippen LogP contribution is 2.40. The number of benzene rings is 2. The zero-order chi connectivity index (χ0) is 20.8. The van der Waals surface area contributed by atoms with Gasteiger partial charge in [0.25, 0.3) is 0 Å². The Hall–Kier alpha value is -1.10. The number of rotatable bonds is 7. The molecule has 2 aromatic carbocycles. The van der Waals surface area contributed by atoms with Crippen LogP contribution in [0.25, 0.3) is 0 Å². The van der Waals surface area contributed by atoms with Gasteiger partial charge in [-0.3, -0.25) is 4.90 Å². The first kappa shape index (κ1) is 24.5. The van der Waals surface area contributed by atoms with E-state index in [1.165, 1.54) is 82.4 Å². The molecule has 0 unspecified atom stereocenters. The van der Waals surface area contributed by atoms with Crippen LogP contribution in [-0.4, -0.2) is 55.1 Å². The summed E-state index contributed by atoms with van der Waals surface area (Å²) < 4.78 is 0. The molecule has 3 nitrogen and oxygen atoms in total. The van der Waals surface area contributed by atoms with E-state index in [0.29, 0.717) is 0 Å². The fourth-order valence-electron chi connectivity index (χ4n) is 5.45. The van der Waals surface area contributed by atoms with Gasteiger partial charge in [0.2, 0.25) is 0 Å². The van der Waals surface area contributed by atoms with E-state index in [1.54, 1.807) is 0 Å². The van der Waals surface area contributed by atoms with Gasteiger partial charge in [0.15, 0.2) is 0 Å². The quantitative estimate of drug-likeness (QED) is 0.618. The molecule has 5 heteroatoms. The van der Waals surface area contributed by atoms with Crippen LogP contribution in [-0.2, 0) is 11.8 Å². The second kappa shape index (κ2) is 11.7. The van der Waals surface area contributed by atoms with E-state index in [9.17, 15) is 0 Å². The average Bonchev–Trinajstić information content (AvgIpc) is 2.80. The second-order valence-electron chi connectivity index (χ2n) is 9.19. The summed E-state index contributed by atoms with van der Waals surface area (Å²) >= 11 is 6.26. The summed E-state index contributed by atoms with van der Waals surface area (Å²) in [7, 11) is 0. The van der Waals surface area contributed by atoms with Crippen molar-refractivity contribution in [3.63, 3.8) is 0 Å². The molecular weight excluding hydrogens is 425 g/mol. The Morgan fingerprint density at radius 3 is 2.29 bits per heavy atom. The Labute approximate surface area is 199 Å². The van der Waals surface area contributed by atoms with Gasteiger partial charge in [-0.05, 0) is 68.3 Å². The minimum absolute atomic E-state index is 0. The first-order chi connectivity index (χ1) is 14.7. The second-order valence-corrected chi connectivity index (χ2v) is 9.63. The third-order valence-corrected chi connectivity index (χ3v) is 7.68. The summed E-state index contributed by atoms with van der Waals surface area (Å²) in [5, 5.41) is 0.825. The minimum Gasteiger partial charge on any atom is -0.330 e. The molecule has 170 valence electrons. The molecule has 0 aromatic heterocycles. The lowest BCUT2D eigenvalue weighted by molar-refractivity contribution is 0.0654. The van der Waals surface area contributed by atoms with Gasteiger partial charge in [-0.2, -0.15) is 0 Å². The van der Waals surface area contributed by atoms with Crippen molar-refractivity contribution in [3.05, 3.63) is 70.7 Å². The maximum absolute atomic E-state index is 6.29. The van der Waals surface area contributed by atoms with Crippen molar-refractivity contribution in [2.75, 3.05) is 39.3 Å². The van der Waals surface area contributed by atoms with Crippen molar-refractivity contribution < 1.29 is 0 Å². The molecule has 31 heavy (non-hydrogen) atoms. The summed E-state index contributed by atoms with van der Waals surface area (Å²) in [6.07, 6.45) is 7.29. The average molecular weight is 463 g/mol. The molecule has 1 aliphatic heterocycles. The van der Waals surface area contributed by atoms with E-state index in [1.807, 2.05) is 6.07 Å². The number of piperazine rings is 1. The third-order valence-electron chi connectivity index (χ3n) is 7.45. The predicted molar refractivity (Wildman–Crippen MR) is 134 cm³/mol. The van der Waals surface area contributed by atoms with Gasteiger partial charge < -0.3 is 10.6 Å². The molecule has 1 heterocycles. The fraction of sp³-hybridized carbons (Fsp3) is 0.538. The van der Waals surface area contributed by atoms with Gasteiger partial charge in [-0.15, -0.1) is 12.4 Å². The Kier molecular flexibility index (Phi) is 9.24. The molecule has 4 rings (SSSR count). The molecule has 0 atom stereocenters. The minimum atomic E-state index is 0. The zero-order valence-corrected chi connectivity index (χ0v) is 20.1. The highest BCUT2D eigenvalue weighted by molar-refractivity contribution is 6.30. The van der Waals surface area contributed by atoms with Gasteiger partial charge >= 0.3 is 0 Å². The number of hydrogen-bond donors (Lipinski definition) is 1. The number of aryl methyl sites for hydroxylation is 1. The van der Waals surface area contributed by atoms with Crippen molar-refractivity contribution in [2.45, 2.75) is 50.0 Å². The van der Waals surface area contributed by atoms with Crippen LogP contribution in [0.5, 0.6) is 0 Å². The molecule has 0 bridgehead atoms. The molecule has 2 aromatic rings. The number of nitrogens with zero attached hydrogens (tertiary/aromatic N) is 2. The smallest absolute Gasteiger partial charge is 0.0408 e. The molecule has 0 radical (unpaired) electrons. The molecular formula is C26H37Cl2N3. The lowest BCUT2D eigenvalue weighted by atomic mass is 9.68. The van der Waals surface area contributed by atoms with Crippen molar-refractivity contribution in [1.29, 1.82) is 0 Å². The van der Waals surface area contributed by atoms with E-state index in [4.69, 9.17) is 17.3 Å². The molecule has 2 N–H and O–H groups in total. The first-order valence-electron chi connectivity index (χ1n) is 11.6. The van der Waals surface area contributed by atoms with Crippen LogP contribution in [0.3, 0.4) is 0 Å². The van der Waals surface area contributed by atoms with E-state index in [0.717, 1.165) is 17.6 Å². The van der Waals surface area contributed by atoms with Crippen LogP contribution in [0, 0.1) is 0 Å². The Bertz CT molecular complexity index is 782. The molecule has 1 aliphatic carbocycles. The first-order valence-corrected chi connectivity index (χ1v) is 12.0. The van der Waals surface area contributed by atoms with Gasteiger partial charge in [0.05, 0.1) is 0 Å². The van der Waals surface area contributed by atoms with E-state index in [2.05, 4.69) is 58.3 Å². The predicted octanol–water partition coefficient (Wildman–Crippen LogP) is 5.15. The molecule has 1 saturated heterocycles. The Balaban J connectivity index is 0.00000272. The van der Waals surface area contributed by atoms with Gasteiger partial charge in [0.1, 0.15) is 0 Å². The van der Waals surface area contributed by atoms with Gasteiger partial charge in [-0.25, -0.2) is 0 Å². The van der Waals surface area contributed by atoms with E-state index < -0.39 is 0 Å². The van der Waals surface area contributed by atoms with Crippen molar-refractivity contribution in [3.8, 4) is 0 Å². The van der Waals surface area contributed by atoms with Crippen LogP contribution in [0.1, 0.15) is 43.2 Å². The normalized spacial score (nSPS) is 25.2. The van der Waals surface area contributed by atoms with Crippen LogP contribution < -0.4 is 5.73 Å². The van der Waals surface area contributed by atoms with Gasteiger partial charge in [-0.1, -0.05) is 54.1 Å². The number of hydrogen-bond acceptors (Lipinski definition) is 3. The van der Waals surface area contributed by atoms with Crippen molar-refractivity contribution in [1.82, 2.24) is 9.80 Å². The largest absolute Gasteiger partial charge is 0.330 e. The van der Waals surface area contributed by atoms with E-state index in [-0.39, 0.29) is 17.8 Å². The lowest BCUT2D eigenvalue weighted by Crippen LogP contribution is -2.53. The Morgan fingerprint density at radius 2 is 1.65 bits per heavy atom. The van der Waals surface area contributed by atoms with E-state index >= 15 is 0 Å². The maximum atomic E-state index is 6.29. The van der Waals surface area contributed by atoms with Gasteiger partial charge in [0, 0.05) is 49.2 Å².